The average Bonchev–Trinajstić information content (AvgIpc) is 0.918. The van der Waals surface area contributed by atoms with Gasteiger partial charge in [0.05, 0.1) is 0 Å². The molecule has 0 aromatic heterocycles. The van der Waals surface area contributed by atoms with E-state index in [2.05, 4.69) is 0 Å². The van der Waals surface area contributed by atoms with Gasteiger partial charge in [0.2, 0.25) is 0 Å². The maximum absolute atomic E-state index is 4.97. The summed E-state index contributed by atoms with van der Waals surface area (Å²) in [5, 5.41) is 0. The van der Waals surface area contributed by atoms with E-state index in [1.54, 1.807) is 0 Å². The Kier molecular flexibility index (Phi) is 21.7. The minimum atomic E-state index is -1.06. The molecule has 0 rings (SSSR count). The molecule has 0 heterocycles. The first-order chi connectivity index (χ1) is 1.41. The van der Waals surface area contributed by atoms with Gasteiger partial charge in [-0.1, -0.05) is 0 Å². The second-order valence-electron chi connectivity index (χ2n) is 0.0825. The second-order valence-corrected chi connectivity index (χ2v) is 5.40. The van der Waals surface area contributed by atoms with Crippen molar-refractivity contribution in [2.45, 2.75) is 0 Å². The summed E-state index contributed by atoms with van der Waals surface area (Å²) >= 11 is -1.06. The molecule has 0 radical (unpaired) electrons. The Morgan fingerprint density at radius 3 is 1.25 bits per heavy atom. The Bertz CT molecular complexity index is 6.00. The van der Waals surface area contributed by atoms with Crippen molar-refractivity contribution in [2.75, 3.05) is 0 Å². The molecule has 0 spiro atoms. The molecular weight excluding hydrogens is 217 g/mol. The molecule has 0 aliphatic rings. The van der Waals surface area contributed by atoms with E-state index >= 15 is 0 Å². The van der Waals surface area contributed by atoms with Crippen LogP contribution in [-0.4, -0.2) is 18.9 Å². The van der Waals surface area contributed by atoms with Gasteiger partial charge in [-0.2, -0.15) is 0 Å². The monoisotopic (exact) mass is 217 g/mol. The van der Waals surface area contributed by atoms with E-state index in [4.69, 9.17) is 13.6 Å². The molecule has 0 atom stereocenters. The molecule has 0 aliphatic carbocycles. The third-order valence-corrected chi connectivity index (χ3v) is 0. The van der Waals surface area contributed by atoms with E-state index in [-0.39, 0.29) is 18.9 Å². The first-order valence-corrected chi connectivity index (χ1v) is 9.53. The molecule has 19 valence electrons. The van der Waals surface area contributed by atoms with Gasteiger partial charge in [0.15, 0.2) is 0 Å². The van der Waals surface area contributed by atoms with Crippen LogP contribution in [0.4, 0.5) is 0 Å². The van der Waals surface area contributed by atoms with E-state index < -0.39 is 29.0 Å². The predicted molar refractivity (Wildman–Crippen MR) is 18.9 cm³/mol. The van der Waals surface area contributed by atoms with Crippen LogP contribution in [-0.2, 0) is 0 Å². The summed E-state index contributed by atoms with van der Waals surface area (Å²) in [7, 11) is 0. The van der Waals surface area contributed by atoms with Gasteiger partial charge in [-0.15, -0.1) is 0 Å². The summed E-state index contributed by atoms with van der Waals surface area (Å²) < 4.78 is 0. The molecule has 0 unspecified atom stereocenters. The molecule has 4 heteroatoms. The fourth-order valence-electron chi connectivity index (χ4n) is 0. The Labute approximate surface area is 60.2 Å². The summed E-state index contributed by atoms with van der Waals surface area (Å²) in [4.78, 5) is 0. The summed E-state index contributed by atoms with van der Waals surface area (Å²) in [6.07, 6.45) is 0. The maximum atomic E-state index is 4.97. The fourth-order valence-corrected chi connectivity index (χ4v) is 0. The topological polar surface area (TPSA) is 0 Å². The molecule has 0 saturated heterocycles. The van der Waals surface area contributed by atoms with E-state index in [1.807, 2.05) is 0 Å². The van der Waals surface area contributed by atoms with Crippen LogP contribution >= 0.6 is 13.6 Å². The van der Waals surface area contributed by atoms with Crippen molar-refractivity contribution in [3.8, 4) is 0 Å². The fraction of sp³-hybridized carbons (Fsp3) is 0. The van der Waals surface area contributed by atoms with E-state index in [9.17, 15) is 0 Å². The van der Waals surface area contributed by atoms with Gasteiger partial charge >= 0.3 is 61.4 Å². The molecule has 0 nitrogen and oxygen atoms in total. The third kappa shape index (κ3) is 8.84. The van der Waals surface area contributed by atoms with Crippen LogP contribution in [0.1, 0.15) is 0 Å². The third-order valence-electron chi connectivity index (χ3n) is 0. The van der Waals surface area contributed by atoms with Crippen molar-refractivity contribution >= 4 is 32.4 Å². The van der Waals surface area contributed by atoms with Crippen LogP contribution in [0, 0.1) is 29.0 Å². The summed E-state index contributed by atoms with van der Waals surface area (Å²) in [5.74, 6) is 0. The van der Waals surface area contributed by atoms with Crippen LogP contribution in [0.5, 0.6) is 0 Å². The zero-order chi connectivity index (χ0) is 2.71. The average molecular weight is 218 g/mol. The van der Waals surface area contributed by atoms with Crippen molar-refractivity contribution < 1.29 is 29.0 Å². The second kappa shape index (κ2) is 9.03. The van der Waals surface area contributed by atoms with Gasteiger partial charge in [-0.25, -0.2) is 0 Å². The molecule has 0 N–H and O–H groups in total. The zero-order valence-corrected chi connectivity index (χ0v) is 6.47. The first kappa shape index (κ1) is 9.62. The van der Waals surface area contributed by atoms with Gasteiger partial charge in [0, 0.05) is 0 Å². The molecule has 0 bridgehead atoms. The Hall–Kier alpha value is 2.37. The van der Waals surface area contributed by atoms with Crippen molar-refractivity contribution in [2.24, 2.45) is 0 Å². The Morgan fingerprint density at radius 2 is 1.25 bits per heavy atom. The molecule has 0 aromatic carbocycles. The van der Waals surface area contributed by atoms with Gasteiger partial charge in [0.1, 0.15) is 0 Å². The van der Waals surface area contributed by atoms with E-state index in [0.717, 1.165) is 0 Å². The molecule has 0 saturated carbocycles. The first-order valence-electron chi connectivity index (χ1n) is 0.436. The number of halogens is 2. The zero-order valence-electron chi connectivity index (χ0n) is 1.33. The number of hydrogen-bond donors (Lipinski definition) is 0. The van der Waals surface area contributed by atoms with Gasteiger partial charge in [-0.3, -0.25) is 0 Å². The predicted octanol–water partition coefficient (Wildman–Crippen LogP) is 0.730. The van der Waals surface area contributed by atoms with Gasteiger partial charge < -0.3 is 0 Å². The summed E-state index contributed by atoms with van der Waals surface area (Å²) in [5.41, 5.74) is 0. The molecular formula is HCl2LaLi. The van der Waals surface area contributed by atoms with E-state index in [1.165, 1.54) is 0 Å². The Balaban J connectivity index is 0. The molecule has 0 fully saturated rings. The van der Waals surface area contributed by atoms with Crippen molar-refractivity contribution in [3.05, 3.63) is 0 Å². The van der Waals surface area contributed by atoms with Crippen molar-refractivity contribution in [1.82, 2.24) is 0 Å². The number of hydrogen-bond acceptors (Lipinski definition) is 0. The van der Waals surface area contributed by atoms with E-state index in [0.29, 0.717) is 0 Å². The molecule has 0 amide bonds. The molecule has 0 aromatic rings. The molecule has 4 heavy (non-hydrogen) atoms. The quantitative estimate of drug-likeness (QED) is 0.525. The van der Waals surface area contributed by atoms with Crippen molar-refractivity contribution in [1.29, 1.82) is 0 Å². The van der Waals surface area contributed by atoms with Crippen LogP contribution in [0.25, 0.3) is 0 Å². The summed E-state index contributed by atoms with van der Waals surface area (Å²) in [6, 6.07) is 0. The normalized spacial score (nSPS) is 2.50. The Morgan fingerprint density at radius 1 is 1.25 bits per heavy atom. The summed E-state index contributed by atoms with van der Waals surface area (Å²) in [6.45, 7) is 9.94. The minimum absolute atomic E-state index is 0. The van der Waals surface area contributed by atoms with Crippen LogP contribution in [0.3, 0.4) is 0 Å². The van der Waals surface area contributed by atoms with Gasteiger partial charge in [-0.05, 0) is 0 Å². The van der Waals surface area contributed by atoms with Crippen LogP contribution < -0.4 is 0 Å². The van der Waals surface area contributed by atoms with Crippen LogP contribution in [0.15, 0.2) is 0 Å². The van der Waals surface area contributed by atoms with Crippen LogP contribution in [0.2, 0.25) is 0 Å². The van der Waals surface area contributed by atoms with Gasteiger partial charge in [0.25, 0.3) is 0 Å². The SMILES string of the molecule is [Cl][La][Cl].[LiH]. The molecule has 0 aliphatic heterocycles. The standard InChI is InChI=1S/2ClH.La.Li.H/h2*1H;;;/q;;+2;;/p-2. The number of rotatable bonds is 0. The van der Waals surface area contributed by atoms with Crippen molar-refractivity contribution in [3.63, 3.8) is 0 Å².